The molecule has 2 atom stereocenters. The smallest absolute Gasteiger partial charge is 0.295 e. The number of nitrogens with zero attached hydrogens (tertiary/aromatic N) is 1. The van der Waals surface area contributed by atoms with E-state index in [0.29, 0.717) is 46.5 Å². The van der Waals surface area contributed by atoms with E-state index in [1.165, 1.54) is 19.1 Å². The van der Waals surface area contributed by atoms with Gasteiger partial charge in [0, 0.05) is 24.3 Å². The lowest BCUT2D eigenvalue weighted by atomic mass is 9.93. The van der Waals surface area contributed by atoms with Crippen molar-refractivity contribution >= 4 is 17.4 Å². The van der Waals surface area contributed by atoms with E-state index < -0.39 is 17.7 Å². The lowest BCUT2D eigenvalue weighted by Crippen LogP contribution is -2.36. The van der Waals surface area contributed by atoms with Crippen molar-refractivity contribution in [2.24, 2.45) is 0 Å². The van der Waals surface area contributed by atoms with Gasteiger partial charge in [0.25, 0.3) is 11.7 Å². The molecule has 2 fully saturated rings. The molecule has 11 nitrogen and oxygen atoms in total. The molecule has 0 aromatic heterocycles. The first-order valence-corrected chi connectivity index (χ1v) is 11.9. The molecule has 2 unspecified atom stereocenters. The molecule has 0 bridgehead atoms. The number of fused-ring (bicyclic) bond motifs is 2. The van der Waals surface area contributed by atoms with Crippen LogP contribution in [-0.4, -0.2) is 68.8 Å². The van der Waals surface area contributed by atoms with Gasteiger partial charge < -0.3 is 43.2 Å². The quantitative estimate of drug-likeness (QED) is 0.352. The van der Waals surface area contributed by atoms with Gasteiger partial charge in [-0.25, -0.2) is 0 Å². The van der Waals surface area contributed by atoms with Gasteiger partial charge in [-0.05, 0) is 37.1 Å². The van der Waals surface area contributed by atoms with E-state index in [-0.39, 0.29) is 43.3 Å². The fraction of sp³-hybridized carbons (Fsp3) is 0.385. The number of methoxy groups -OCH3 is 2. The molecule has 11 heteroatoms. The van der Waals surface area contributed by atoms with Crippen molar-refractivity contribution in [1.29, 1.82) is 0 Å². The van der Waals surface area contributed by atoms with Gasteiger partial charge in [0.05, 0.1) is 31.9 Å². The maximum Gasteiger partial charge on any atom is 0.295 e. The van der Waals surface area contributed by atoms with Crippen LogP contribution < -0.4 is 28.4 Å². The molecule has 4 aliphatic heterocycles. The molecule has 4 aliphatic rings. The standard InChI is InChI=1S/C26H25NO10/c1-31-18-9-15(23(32-2)25-24(18)36-12-37-25)20-19(21(28)13-5-6-16-17(8-13)35-11-34-16)22(29)26(30)27(20)10-14-4-3-7-33-14/h5-6,8-9,14,20,28H,3-4,7,10-12H2,1-2H3. The summed E-state index contributed by atoms with van der Waals surface area (Å²) in [6.45, 7) is 0.753. The molecular formula is C26H25NO10. The van der Waals surface area contributed by atoms with Gasteiger partial charge >= 0.3 is 0 Å². The van der Waals surface area contributed by atoms with Crippen LogP contribution in [0, 0.1) is 0 Å². The van der Waals surface area contributed by atoms with E-state index >= 15 is 0 Å². The highest BCUT2D eigenvalue weighted by molar-refractivity contribution is 6.46. The van der Waals surface area contributed by atoms with Crippen LogP contribution in [-0.2, 0) is 14.3 Å². The molecule has 0 aliphatic carbocycles. The van der Waals surface area contributed by atoms with Crippen LogP contribution >= 0.6 is 0 Å². The van der Waals surface area contributed by atoms with Gasteiger partial charge in [0.2, 0.25) is 25.1 Å². The number of Topliss-reactive ketones (excluding diaryl/α,β-unsaturated/α-hetero) is 1. The summed E-state index contributed by atoms with van der Waals surface area (Å²) < 4.78 is 39.0. The highest BCUT2D eigenvalue weighted by Crippen LogP contribution is 2.54. The fourth-order valence-electron chi connectivity index (χ4n) is 5.20. The van der Waals surface area contributed by atoms with Crippen molar-refractivity contribution in [2.45, 2.75) is 25.0 Å². The largest absolute Gasteiger partial charge is 0.507 e. The molecule has 37 heavy (non-hydrogen) atoms. The SMILES string of the molecule is COc1cc(C2C(=C(O)c3ccc4c(c3)OCO4)C(=O)C(=O)N2CC2CCCO2)c(OC)c2c1OCO2. The molecule has 1 N–H and O–H groups in total. The predicted octanol–water partition coefficient (Wildman–Crippen LogP) is 2.76. The Labute approximate surface area is 212 Å². The second kappa shape index (κ2) is 9.07. The first-order chi connectivity index (χ1) is 18.0. The number of aliphatic hydroxyl groups is 1. The van der Waals surface area contributed by atoms with Crippen LogP contribution in [0.3, 0.4) is 0 Å². The number of ether oxygens (including phenoxy) is 7. The van der Waals surface area contributed by atoms with Crippen LogP contribution in [0.15, 0.2) is 29.8 Å². The number of carbonyl (C=O) groups excluding carboxylic acids is 2. The second-order valence-electron chi connectivity index (χ2n) is 8.92. The number of rotatable bonds is 6. The van der Waals surface area contributed by atoms with Gasteiger partial charge in [-0.3, -0.25) is 9.59 Å². The third-order valence-electron chi connectivity index (χ3n) is 6.92. The average Bonchev–Trinajstić information content (AvgIpc) is 3.72. The molecule has 1 amide bonds. The van der Waals surface area contributed by atoms with Crippen molar-refractivity contribution in [3.63, 3.8) is 0 Å². The first-order valence-electron chi connectivity index (χ1n) is 11.9. The number of hydrogen-bond donors (Lipinski definition) is 1. The number of likely N-dealkylation sites (tertiary alicyclic amines) is 1. The minimum absolute atomic E-state index is 0.0429. The molecule has 4 heterocycles. The zero-order valence-corrected chi connectivity index (χ0v) is 20.3. The van der Waals surface area contributed by atoms with Crippen LogP contribution in [0.5, 0.6) is 34.5 Å². The van der Waals surface area contributed by atoms with Crippen LogP contribution in [0.25, 0.3) is 5.76 Å². The van der Waals surface area contributed by atoms with E-state index in [9.17, 15) is 14.7 Å². The minimum Gasteiger partial charge on any atom is -0.507 e. The van der Waals surface area contributed by atoms with Gasteiger partial charge in [-0.15, -0.1) is 0 Å². The van der Waals surface area contributed by atoms with Crippen molar-refractivity contribution < 1.29 is 47.9 Å². The third kappa shape index (κ3) is 3.69. The Hall–Kier alpha value is -4.12. The zero-order valence-electron chi connectivity index (χ0n) is 20.3. The summed E-state index contributed by atoms with van der Waals surface area (Å²) >= 11 is 0. The van der Waals surface area contributed by atoms with Crippen molar-refractivity contribution in [3.05, 3.63) is 41.0 Å². The minimum atomic E-state index is -1.01. The van der Waals surface area contributed by atoms with Crippen LogP contribution in [0.4, 0.5) is 0 Å². The van der Waals surface area contributed by atoms with Gasteiger partial charge in [0.15, 0.2) is 23.0 Å². The van der Waals surface area contributed by atoms with Crippen molar-refractivity contribution in [2.75, 3.05) is 41.0 Å². The second-order valence-corrected chi connectivity index (χ2v) is 8.92. The Morgan fingerprint density at radius 1 is 1.03 bits per heavy atom. The summed E-state index contributed by atoms with van der Waals surface area (Å²) in [7, 11) is 2.93. The fourth-order valence-corrected chi connectivity index (χ4v) is 5.20. The van der Waals surface area contributed by atoms with E-state index in [1.54, 1.807) is 24.3 Å². The molecule has 6 rings (SSSR count). The summed E-state index contributed by atoms with van der Waals surface area (Å²) in [6.07, 6.45) is 1.37. The molecule has 2 aromatic rings. The normalized spacial score (nSPS) is 23.1. The lowest BCUT2D eigenvalue weighted by Gasteiger charge is -2.29. The summed E-state index contributed by atoms with van der Waals surface area (Å²) in [5, 5.41) is 11.5. The molecule has 0 spiro atoms. The van der Waals surface area contributed by atoms with E-state index in [1.807, 2.05) is 0 Å². The zero-order chi connectivity index (χ0) is 25.7. The van der Waals surface area contributed by atoms with E-state index in [4.69, 9.17) is 33.2 Å². The summed E-state index contributed by atoms with van der Waals surface area (Å²) in [4.78, 5) is 28.3. The maximum atomic E-state index is 13.5. The van der Waals surface area contributed by atoms with Gasteiger partial charge in [0.1, 0.15) is 5.76 Å². The monoisotopic (exact) mass is 511 g/mol. The van der Waals surface area contributed by atoms with Crippen LogP contribution in [0.2, 0.25) is 0 Å². The number of ketones is 1. The summed E-state index contributed by atoms with van der Waals surface area (Å²) in [5.41, 5.74) is 0.611. The van der Waals surface area contributed by atoms with Crippen molar-refractivity contribution in [1.82, 2.24) is 4.90 Å². The van der Waals surface area contributed by atoms with Crippen LogP contribution in [0.1, 0.15) is 30.0 Å². The Morgan fingerprint density at radius 3 is 2.57 bits per heavy atom. The number of amides is 1. The average molecular weight is 511 g/mol. The Morgan fingerprint density at radius 2 is 1.81 bits per heavy atom. The highest BCUT2D eigenvalue weighted by atomic mass is 16.7. The summed E-state index contributed by atoms with van der Waals surface area (Å²) in [6, 6.07) is 5.44. The molecule has 194 valence electrons. The molecule has 2 saturated heterocycles. The maximum absolute atomic E-state index is 13.5. The Bertz CT molecular complexity index is 1310. The van der Waals surface area contributed by atoms with E-state index in [0.717, 1.165) is 12.8 Å². The number of hydrogen-bond acceptors (Lipinski definition) is 10. The van der Waals surface area contributed by atoms with Crippen molar-refractivity contribution in [3.8, 4) is 34.5 Å². The first kappa shape index (κ1) is 23.3. The number of benzene rings is 2. The topological polar surface area (TPSA) is 122 Å². The number of aliphatic hydroxyl groups excluding tert-OH is 1. The third-order valence-corrected chi connectivity index (χ3v) is 6.92. The molecule has 0 radical (unpaired) electrons. The Balaban J connectivity index is 1.55. The number of carbonyl (C=O) groups is 2. The Kier molecular flexibility index (Phi) is 5.71. The summed E-state index contributed by atoms with van der Waals surface area (Å²) in [5.74, 6) is 0.292. The molecule has 2 aromatic carbocycles. The molecular weight excluding hydrogens is 486 g/mol. The highest BCUT2D eigenvalue weighted by Gasteiger charge is 2.49. The molecule has 0 saturated carbocycles. The van der Waals surface area contributed by atoms with Gasteiger partial charge in [-0.2, -0.15) is 0 Å². The lowest BCUT2D eigenvalue weighted by molar-refractivity contribution is -0.140. The van der Waals surface area contributed by atoms with Gasteiger partial charge in [-0.1, -0.05) is 0 Å². The van der Waals surface area contributed by atoms with E-state index in [2.05, 4.69) is 0 Å². The predicted molar refractivity (Wildman–Crippen MR) is 126 cm³/mol.